The lowest BCUT2D eigenvalue weighted by Crippen LogP contribution is -2.33. The third-order valence-corrected chi connectivity index (χ3v) is 5.65. The topological polar surface area (TPSA) is 33.2 Å². The molecule has 1 aliphatic rings. The molecule has 0 unspecified atom stereocenters. The van der Waals surface area contributed by atoms with Gasteiger partial charge in [0.2, 0.25) is 5.91 Å². The van der Waals surface area contributed by atoms with E-state index in [0.717, 1.165) is 28.4 Å². The van der Waals surface area contributed by atoms with Crippen LogP contribution in [-0.4, -0.2) is 22.3 Å². The number of rotatable bonds is 2. The summed E-state index contributed by atoms with van der Waals surface area (Å²) in [6.45, 7) is 8.93. The summed E-state index contributed by atoms with van der Waals surface area (Å²) in [4.78, 5) is 18.4. The summed E-state index contributed by atoms with van der Waals surface area (Å²) in [7, 11) is 0. The molecule has 1 amide bonds. The average molecular weight is 447 g/mol. The summed E-state index contributed by atoms with van der Waals surface area (Å²) in [6, 6.07) is 14.0. The molecule has 3 aromatic rings. The number of carbonyl (C=O) groups excluding carboxylic acids is 1. The van der Waals surface area contributed by atoms with E-state index < -0.39 is 0 Å². The summed E-state index contributed by atoms with van der Waals surface area (Å²) < 4.78 is 0.808. The molecule has 4 rings (SSSR count). The Morgan fingerprint density at radius 1 is 1.14 bits per heavy atom. The minimum absolute atomic E-state index is 0.000160. The fourth-order valence-electron chi connectivity index (χ4n) is 2.80. The second-order valence-corrected chi connectivity index (χ2v) is 8.18. The van der Waals surface area contributed by atoms with Crippen molar-refractivity contribution in [1.82, 2.24) is 9.88 Å². The number of hydrogen-bond donors (Lipinski definition) is 0. The molecule has 1 aliphatic heterocycles. The van der Waals surface area contributed by atoms with Crippen molar-refractivity contribution < 1.29 is 4.79 Å². The van der Waals surface area contributed by atoms with Gasteiger partial charge in [0.05, 0.1) is 15.9 Å². The van der Waals surface area contributed by atoms with Crippen LogP contribution in [0.2, 0.25) is 9.36 Å². The van der Waals surface area contributed by atoms with Gasteiger partial charge in [0.1, 0.15) is 0 Å². The van der Waals surface area contributed by atoms with Crippen LogP contribution in [0.1, 0.15) is 24.3 Å². The highest BCUT2D eigenvalue weighted by atomic mass is 35.5. The standard InChI is InChI=1S/C11H8ClN.C10H10ClNOS.C2H6/c12-11-6-10(7-13-8-11)9-4-2-1-3-5-9;1-2-10(13)12-4-3-7-5-9(11)14-8(7)6-12;1-2/h1-8H;2,5H,1,3-4,6H2;1-2H3. The quantitative estimate of drug-likeness (QED) is 0.401. The molecule has 152 valence electrons. The van der Waals surface area contributed by atoms with Crippen LogP contribution in [-0.2, 0) is 17.8 Å². The third kappa shape index (κ3) is 6.70. The van der Waals surface area contributed by atoms with Crippen LogP contribution in [0.5, 0.6) is 0 Å². The first kappa shape index (κ1) is 23.1. The largest absolute Gasteiger partial charge is 0.334 e. The Morgan fingerprint density at radius 3 is 2.52 bits per heavy atom. The Bertz CT molecular complexity index is 941. The van der Waals surface area contributed by atoms with E-state index >= 15 is 0 Å². The van der Waals surface area contributed by atoms with Crippen molar-refractivity contribution in [3.63, 3.8) is 0 Å². The molecule has 0 fully saturated rings. The number of nitrogens with zero attached hydrogens (tertiary/aromatic N) is 2. The zero-order chi connectivity index (χ0) is 21.2. The van der Waals surface area contributed by atoms with Crippen molar-refractivity contribution in [3.05, 3.63) is 87.3 Å². The van der Waals surface area contributed by atoms with E-state index in [0.29, 0.717) is 11.6 Å². The molecule has 1 aromatic carbocycles. The van der Waals surface area contributed by atoms with Crippen molar-refractivity contribution in [2.45, 2.75) is 26.8 Å². The first-order valence-electron chi connectivity index (χ1n) is 9.41. The van der Waals surface area contributed by atoms with Crippen LogP contribution in [0.15, 0.2) is 67.5 Å². The molecule has 6 heteroatoms. The van der Waals surface area contributed by atoms with Gasteiger partial charge in [-0.3, -0.25) is 9.78 Å². The Labute approximate surface area is 186 Å². The van der Waals surface area contributed by atoms with Crippen LogP contribution in [0.3, 0.4) is 0 Å². The number of benzene rings is 1. The molecule has 3 heterocycles. The van der Waals surface area contributed by atoms with Gasteiger partial charge in [-0.2, -0.15) is 0 Å². The Morgan fingerprint density at radius 2 is 1.86 bits per heavy atom. The lowest BCUT2D eigenvalue weighted by atomic mass is 10.1. The Kier molecular flexibility index (Phi) is 9.39. The van der Waals surface area contributed by atoms with Gasteiger partial charge in [0, 0.05) is 29.4 Å². The van der Waals surface area contributed by atoms with E-state index in [2.05, 4.69) is 11.6 Å². The van der Waals surface area contributed by atoms with Crippen LogP contribution < -0.4 is 0 Å². The maximum absolute atomic E-state index is 11.4. The zero-order valence-electron chi connectivity index (χ0n) is 16.6. The molecule has 3 nitrogen and oxygen atoms in total. The van der Waals surface area contributed by atoms with Gasteiger partial charge in [-0.25, -0.2) is 0 Å². The number of fused-ring (bicyclic) bond motifs is 1. The van der Waals surface area contributed by atoms with Crippen molar-refractivity contribution in [2.75, 3.05) is 6.54 Å². The van der Waals surface area contributed by atoms with Gasteiger partial charge >= 0.3 is 0 Å². The predicted octanol–water partition coefficient (Wildman–Crippen LogP) is 6.90. The van der Waals surface area contributed by atoms with Crippen molar-refractivity contribution in [1.29, 1.82) is 0 Å². The molecule has 0 saturated carbocycles. The van der Waals surface area contributed by atoms with E-state index in [9.17, 15) is 4.79 Å². The van der Waals surface area contributed by atoms with E-state index in [4.69, 9.17) is 23.2 Å². The fourth-order valence-corrected chi connectivity index (χ4v) is 4.33. The maximum Gasteiger partial charge on any atom is 0.246 e. The Balaban J connectivity index is 0.000000191. The summed E-state index contributed by atoms with van der Waals surface area (Å²) >= 11 is 13.3. The molecule has 0 aliphatic carbocycles. The number of aromatic nitrogens is 1. The number of halogens is 2. The molecule has 0 saturated heterocycles. The normalized spacial score (nSPS) is 11.9. The number of amides is 1. The first-order chi connectivity index (χ1) is 14.1. The SMILES string of the molecule is C=CC(=O)N1CCc2cc(Cl)sc2C1.CC.Clc1cncc(-c2ccccc2)c1. The van der Waals surface area contributed by atoms with Gasteiger partial charge < -0.3 is 4.90 Å². The summed E-state index contributed by atoms with van der Waals surface area (Å²) in [5.74, 6) is 0.000160. The minimum atomic E-state index is 0.000160. The molecular weight excluding hydrogens is 423 g/mol. The van der Waals surface area contributed by atoms with Crippen LogP contribution >= 0.6 is 34.5 Å². The maximum atomic E-state index is 11.4. The van der Waals surface area contributed by atoms with E-state index in [1.165, 1.54) is 16.5 Å². The molecule has 29 heavy (non-hydrogen) atoms. The molecular formula is C23H24Cl2N2OS. The van der Waals surface area contributed by atoms with Gasteiger partial charge in [0.15, 0.2) is 0 Å². The molecule has 0 atom stereocenters. The second-order valence-electron chi connectivity index (χ2n) is 5.97. The van der Waals surface area contributed by atoms with Gasteiger partial charge in [0.25, 0.3) is 0 Å². The van der Waals surface area contributed by atoms with Crippen LogP contribution in [0, 0.1) is 0 Å². The smallest absolute Gasteiger partial charge is 0.246 e. The zero-order valence-corrected chi connectivity index (χ0v) is 18.9. The highest BCUT2D eigenvalue weighted by molar-refractivity contribution is 7.16. The predicted molar refractivity (Wildman–Crippen MR) is 125 cm³/mol. The lowest BCUT2D eigenvalue weighted by molar-refractivity contribution is -0.126. The first-order valence-corrected chi connectivity index (χ1v) is 11.0. The van der Waals surface area contributed by atoms with Gasteiger partial charge in [-0.05, 0) is 35.8 Å². The third-order valence-electron chi connectivity index (χ3n) is 4.15. The van der Waals surface area contributed by atoms with Crippen molar-refractivity contribution in [3.8, 4) is 11.1 Å². The fraction of sp³-hybridized carbons (Fsp3) is 0.217. The number of hydrogen-bond acceptors (Lipinski definition) is 3. The highest BCUT2D eigenvalue weighted by Gasteiger charge is 2.20. The van der Waals surface area contributed by atoms with E-state index in [1.807, 2.05) is 56.3 Å². The summed E-state index contributed by atoms with van der Waals surface area (Å²) in [6.07, 6.45) is 5.70. The van der Waals surface area contributed by atoms with Crippen LogP contribution in [0.4, 0.5) is 0 Å². The molecule has 0 radical (unpaired) electrons. The monoisotopic (exact) mass is 446 g/mol. The summed E-state index contributed by atoms with van der Waals surface area (Å²) in [5.41, 5.74) is 3.47. The van der Waals surface area contributed by atoms with E-state index in [1.54, 1.807) is 28.6 Å². The van der Waals surface area contributed by atoms with Gasteiger partial charge in [-0.1, -0.05) is 74.0 Å². The second kappa shape index (κ2) is 11.8. The Hall–Kier alpha value is -2.14. The number of pyridine rings is 1. The van der Waals surface area contributed by atoms with Crippen molar-refractivity contribution in [2.24, 2.45) is 0 Å². The minimum Gasteiger partial charge on any atom is -0.334 e. The molecule has 0 spiro atoms. The summed E-state index contributed by atoms with van der Waals surface area (Å²) in [5, 5.41) is 0.668. The van der Waals surface area contributed by atoms with Gasteiger partial charge in [-0.15, -0.1) is 11.3 Å². The molecule has 0 N–H and O–H groups in total. The average Bonchev–Trinajstić information content (AvgIpc) is 3.15. The van der Waals surface area contributed by atoms with Crippen molar-refractivity contribution >= 4 is 40.4 Å². The van der Waals surface area contributed by atoms with Crippen LogP contribution in [0.25, 0.3) is 11.1 Å². The van der Waals surface area contributed by atoms with E-state index in [-0.39, 0.29) is 5.91 Å². The molecule has 0 bridgehead atoms. The highest BCUT2D eigenvalue weighted by Crippen LogP contribution is 2.31. The number of thiophene rings is 1. The number of carbonyl (C=O) groups is 1. The molecule has 2 aromatic heterocycles. The lowest BCUT2D eigenvalue weighted by Gasteiger charge is -2.25.